The van der Waals surface area contributed by atoms with Crippen LogP contribution in [0.1, 0.15) is 31.2 Å². The maximum atomic E-state index is 14.7. The van der Waals surface area contributed by atoms with E-state index in [2.05, 4.69) is 4.72 Å². The highest BCUT2D eigenvalue weighted by atomic mass is 35.5. The van der Waals surface area contributed by atoms with Crippen molar-refractivity contribution in [2.75, 3.05) is 6.26 Å². The number of nitrogens with one attached hydrogen (secondary N) is 1. The molecule has 0 saturated heterocycles. The molecular weight excluding hydrogens is 428 g/mol. The van der Waals surface area contributed by atoms with E-state index in [1.165, 1.54) is 30.5 Å². The zero-order valence-corrected chi connectivity index (χ0v) is 17.5. The van der Waals surface area contributed by atoms with Gasteiger partial charge in [-0.25, -0.2) is 26.1 Å². The summed E-state index contributed by atoms with van der Waals surface area (Å²) in [5.74, 6) is -1.46. The van der Waals surface area contributed by atoms with Crippen LogP contribution in [0, 0.1) is 11.6 Å². The Balaban J connectivity index is 2.12. The molecule has 1 atom stereocenters. The molecule has 0 radical (unpaired) electrons. The summed E-state index contributed by atoms with van der Waals surface area (Å²) in [5.41, 5.74) is -0.168. The predicted molar refractivity (Wildman–Crippen MR) is 106 cm³/mol. The lowest BCUT2D eigenvalue weighted by molar-refractivity contribution is 0.326. The minimum atomic E-state index is -4.05. The van der Waals surface area contributed by atoms with Crippen molar-refractivity contribution in [1.82, 2.24) is 4.72 Å². The molecule has 1 unspecified atom stereocenters. The molecule has 4 nitrogen and oxygen atoms in total. The molecule has 28 heavy (non-hydrogen) atoms. The van der Waals surface area contributed by atoms with Gasteiger partial charge in [-0.1, -0.05) is 11.6 Å². The van der Waals surface area contributed by atoms with Gasteiger partial charge in [0.25, 0.3) is 0 Å². The molecule has 1 aliphatic carbocycles. The van der Waals surface area contributed by atoms with Crippen molar-refractivity contribution >= 4 is 32.4 Å². The van der Waals surface area contributed by atoms with E-state index >= 15 is 0 Å². The van der Waals surface area contributed by atoms with Gasteiger partial charge in [0.05, 0.1) is 15.9 Å². The van der Waals surface area contributed by atoms with Crippen molar-refractivity contribution in [3.8, 4) is 0 Å². The van der Waals surface area contributed by atoms with Crippen LogP contribution in [0.4, 0.5) is 8.78 Å². The average molecular weight is 448 g/mol. The lowest BCUT2D eigenvalue weighted by atomic mass is 9.80. The largest absolute Gasteiger partial charge is 0.243 e. The Morgan fingerprint density at radius 1 is 1.11 bits per heavy atom. The van der Waals surface area contributed by atoms with Crippen molar-refractivity contribution in [2.45, 2.75) is 41.4 Å². The van der Waals surface area contributed by atoms with Gasteiger partial charge in [0.15, 0.2) is 9.84 Å². The number of rotatable bonds is 5. The molecule has 0 heterocycles. The third kappa shape index (κ3) is 4.01. The summed E-state index contributed by atoms with van der Waals surface area (Å²) < 4.78 is 68.6. The maximum Gasteiger partial charge on any atom is 0.188 e. The standard InChI is InChI=1S/C19H20ClF2NO3S2/c1-27(24)23-15-8-10-19(11-9-15,17-12-14(21)4-7-18(17)22)28(25,26)16-5-2-13(20)3-6-16/h2-7,12,15,23H,8-11H2,1H3. The normalized spacial score (nSPS) is 24.1. The van der Waals surface area contributed by atoms with Crippen LogP contribution in [0.2, 0.25) is 5.02 Å². The fraction of sp³-hybridized carbons (Fsp3) is 0.368. The average Bonchev–Trinajstić information content (AvgIpc) is 2.64. The molecule has 0 bridgehead atoms. The molecule has 1 N–H and O–H groups in total. The number of benzene rings is 2. The van der Waals surface area contributed by atoms with Gasteiger partial charge in [-0.2, -0.15) is 0 Å². The number of hydrogen-bond acceptors (Lipinski definition) is 3. The van der Waals surface area contributed by atoms with Crippen molar-refractivity contribution < 1.29 is 21.4 Å². The first kappa shape index (κ1) is 21.4. The molecule has 2 aromatic carbocycles. The van der Waals surface area contributed by atoms with Gasteiger partial charge >= 0.3 is 0 Å². The zero-order valence-electron chi connectivity index (χ0n) is 15.1. The molecular formula is C19H20ClF2NO3S2. The summed E-state index contributed by atoms with van der Waals surface area (Å²) in [5, 5.41) is 0.378. The van der Waals surface area contributed by atoms with Gasteiger partial charge in [-0.3, -0.25) is 0 Å². The summed E-state index contributed by atoms with van der Waals surface area (Å²) in [6.45, 7) is 0. The SMILES string of the molecule is CS(=O)NC1CCC(c2cc(F)ccc2F)(S(=O)(=O)c2ccc(Cl)cc2)CC1. The fourth-order valence-corrected chi connectivity index (χ4v) is 6.80. The summed E-state index contributed by atoms with van der Waals surface area (Å²) in [4.78, 5) is 0.00559. The van der Waals surface area contributed by atoms with Crippen molar-refractivity contribution in [2.24, 2.45) is 0 Å². The second-order valence-electron chi connectivity index (χ2n) is 6.92. The van der Waals surface area contributed by atoms with E-state index in [1.54, 1.807) is 0 Å². The second-order valence-corrected chi connectivity index (χ2v) is 10.8. The molecule has 0 aliphatic heterocycles. The van der Waals surface area contributed by atoms with Gasteiger partial charge < -0.3 is 0 Å². The van der Waals surface area contributed by atoms with E-state index in [-0.39, 0.29) is 29.3 Å². The monoisotopic (exact) mass is 447 g/mol. The minimum Gasteiger partial charge on any atom is -0.243 e. The smallest absolute Gasteiger partial charge is 0.188 e. The van der Waals surface area contributed by atoms with Gasteiger partial charge in [0.1, 0.15) is 16.4 Å². The van der Waals surface area contributed by atoms with Crippen LogP contribution in [0.15, 0.2) is 47.4 Å². The highest BCUT2D eigenvalue weighted by molar-refractivity contribution is 7.92. The maximum absolute atomic E-state index is 14.7. The Kier molecular flexibility index (Phi) is 6.24. The second kappa shape index (κ2) is 8.18. The van der Waals surface area contributed by atoms with E-state index in [1.807, 2.05) is 0 Å². The molecule has 0 amide bonds. The minimum absolute atomic E-state index is 0.00559. The van der Waals surface area contributed by atoms with Crippen LogP contribution in [-0.4, -0.2) is 24.9 Å². The van der Waals surface area contributed by atoms with Crippen LogP contribution in [0.3, 0.4) is 0 Å². The summed E-state index contributed by atoms with van der Waals surface area (Å²) in [6.07, 6.45) is 2.38. The van der Waals surface area contributed by atoms with Crippen LogP contribution in [0.5, 0.6) is 0 Å². The van der Waals surface area contributed by atoms with Crippen LogP contribution >= 0.6 is 11.6 Å². The summed E-state index contributed by atoms with van der Waals surface area (Å²) in [7, 11) is -5.30. The van der Waals surface area contributed by atoms with E-state index in [0.29, 0.717) is 17.9 Å². The highest BCUT2D eigenvalue weighted by Gasteiger charge is 2.50. The van der Waals surface area contributed by atoms with Crippen LogP contribution < -0.4 is 4.72 Å². The third-order valence-electron chi connectivity index (χ3n) is 5.18. The number of sulfone groups is 1. The molecule has 3 rings (SSSR count). The molecule has 1 fully saturated rings. The zero-order chi connectivity index (χ0) is 20.5. The Morgan fingerprint density at radius 3 is 2.29 bits per heavy atom. The number of halogens is 3. The van der Waals surface area contributed by atoms with Gasteiger partial charge in [0, 0.05) is 22.9 Å². The van der Waals surface area contributed by atoms with E-state index in [4.69, 9.17) is 11.6 Å². The van der Waals surface area contributed by atoms with Gasteiger partial charge in [-0.15, -0.1) is 0 Å². The quantitative estimate of drug-likeness (QED) is 0.750. The highest BCUT2D eigenvalue weighted by Crippen LogP contribution is 2.48. The first-order valence-electron chi connectivity index (χ1n) is 8.71. The fourth-order valence-electron chi connectivity index (χ4n) is 3.81. The van der Waals surface area contributed by atoms with Crippen molar-refractivity contribution in [3.05, 3.63) is 64.7 Å². The number of hydrogen-bond donors (Lipinski definition) is 1. The van der Waals surface area contributed by atoms with E-state index in [0.717, 1.165) is 18.2 Å². The van der Waals surface area contributed by atoms with Gasteiger partial charge in [0.2, 0.25) is 0 Å². The Morgan fingerprint density at radius 2 is 1.71 bits per heavy atom. The molecule has 9 heteroatoms. The van der Waals surface area contributed by atoms with Crippen LogP contribution in [0.25, 0.3) is 0 Å². The van der Waals surface area contributed by atoms with Crippen molar-refractivity contribution in [3.63, 3.8) is 0 Å². The van der Waals surface area contributed by atoms with Crippen molar-refractivity contribution in [1.29, 1.82) is 0 Å². The Hall–Kier alpha value is -1.35. The Labute approximate surface area is 170 Å². The molecule has 0 aromatic heterocycles. The van der Waals surface area contributed by atoms with E-state index < -0.39 is 37.2 Å². The first-order valence-corrected chi connectivity index (χ1v) is 12.1. The van der Waals surface area contributed by atoms with Crippen LogP contribution in [-0.2, 0) is 25.6 Å². The summed E-state index contributed by atoms with van der Waals surface area (Å²) in [6, 6.07) is 8.40. The molecule has 2 aromatic rings. The molecule has 1 saturated carbocycles. The lowest BCUT2D eigenvalue weighted by Crippen LogP contribution is -2.45. The van der Waals surface area contributed by atoms with E-state index in [9.17, 15) is 21.4 Å². The molecule has 152 valence electrons. The predicted octanol–water partition coefficient (Wildman–Crippen LogP) is 4.11. The topological polar surface area (TPSA) is 63.2 Å². The third-order valence-corrected chi connectivity index (χ3v) is 8.65. The lowest BCUT2D eigenvalue weighted by Gasteiger charge is -2.40. The molecule has 1 aliphatic rings. The summed E-state index contributed by atoms with van der Waals surface area (Å²) >= 11 is 5.87. The Bertz CT molecular complexity index is 989. The molecule has 0 spiro atoms. The van der Waals surface area contributed by atoms with Gasteiger partial charge in [-0.05, 0) is 68.1 Å². The first-order chi connectivity index (χ1) is 13.2.